The van der Waals surface area contributed by atoms with E-state index in [1.54, 1.807) is 42.6 Å². The van der Waals surface area contributed by atoms with Crippen LogP contribution in [-0.4, -0.2) is 41.8 Å². The van der Waals surface area contributed by atoms with Gasteiger partial charge in [0.25, 0.3) is 0 Å². The van der Waals surface area contributed by atoms with Crippen molar-refractivity contribution in [2.45, 2.75) is 32.5 Å². The lowest BCUT2D eigenvalue weighted by molar-refractivity contribution is -0.139. The normalized spacial score (nSPS) is 14.0. The van der Waals surface area contributed by atoms with Crippen molar-refractivity contribution in [1.29, 1.82) is 0 Å². The monoisotopic (exact) mass is 418 g/mol. The van der Waals surface area contributed by atoms with Crippen LogP contribution in [0.15, 0.2) is 59.6 Å². The second-order valence-electron chi connectivity index (χ2n) is 6.44. The van der Waals surface area contributed by atoms with E-state index in [0.717, 1.165) is 16.8 Å². The fourth-order valence-corrected chi connectivity index (χ4v) is 2.75. The summed E-state index contributed by atoms with van der Waals surface area (Å²) in [6.45, 7) is 0.370. The molecule has 0 saturated heterocycles. The first-order valence-corrected chi connectivity index (χ1v) is 9.29. The molecule has 0 amide bonds. The predicted octanol–water partition coefficient (Wildman–Crippen LogP) is 4.38. The number of carboxylic acid groups (broad SMARTS) is 1. The summed E-state index contributed by atoms with van der Waals surface area (Å²) in [6, 6.07) is 13.0. The van der Waals surface area contributed by atoms with Crippen molar-refractivity contribution in [3.8, 4) is 5.75 Å². The molecule has 0 spiro atoms. The average molecular weight is 418 g/mol. The van der Waals surface area contributed by atoms with E-state index in [1.807, 2.05) is 19.9 Å². The Bertz CT molecular complexity index is 881. The van der Waals surface area contributed by atoms with Crippen molar-refractivity contribution in [3.63, 3.8) is 0 Å². The Balaban J connectivity index is 2.00. The Labute approximate surface area is 173 Å². The van der Waals surface area contributed by atoms with Crippen LogP contribution >= 0.6 is 0 Å². The van der Waals surface area contributed by atoms with Gasteiger partial charge in [-0.2, -0.15) is 8.78 Å². The summed E-state index contributed by atoms with van der Waals surface area (Å²) >= 11 is 0. The standard InChI is InChI=1S/C22H24F2N2O4/c1-3-15(16-6-10-19(11-7-16)30-22(23)24)12-25-14(2)26-18-8-4-17(5-9-18)20(13-27)21(28)29/h3-12,14,20,22,26-27H,13H2,1-2H3,(H,28,29)/b15-3+,25-12?/t14?,20-/m0/s1. The maximum atomic E-state index is 12.3. The summed E-state index contributed by atoms with van der Waals surface area (Å²) in [4.78, 5) is 15.6. The molecule has 0 radical (unpaired) electrons. The molecule has 8 heteroatoms. The highest BCUT2D eigenvalue weighted by Gasteiger charge is 2.18. The Morgan fingerprint density at radius 3 is 2.30 bits per heavy atom. The molecule has 0 aliphatic heterocycles. The number of alkyl halides is 2. The molecule has 0 saturated carbocycles. The molecule has 1 unspecified atom stereocenters. The lowest BCUT2D eigenvalue weighted by atomic mass is 10.00. The Hall–Kier alpha value is -3.26. The Morgan fingerprint density at radius 2 is 1.80 bits per heavy atom. The van der Waals surface area contributed by atoms with E-state index in [-0.39, 0.29) is 11.9 Å². The van der Waals surface area contributed by atoms with E-state index in [9.17, 15) is 18.7 Å². The molecule has 30 heavy (non-hydrogen) atoms. The van der Waals surface area contributed by atoms with Crippen LogP contribution in [0.2, 0.25) is 0 Å². The molecule has 0 fully saturated rings. The number of carbonyl (C=O) groups is 1. The maximum Gasteiger partial charge on any atom is 0.387 e. The van der Waals surface area contributed by atoms with Gasteiger partial charge in [-0.05, 0) is 54.8 Å². The highest BCUT2D eigenvalue weighted by molar-refractivity contribution is 6.09. The lowest BCUT2D eigenvalue weighted by Gasteiger charge is -2.14. The van der Waals surface area contributed by atoms with Gasteiger partial charge in [0, 0.05) is 11.9 Å². The number of carboxylic acids is 1. The number of hydrogen-bond acceptors (Lipinski definition) is 5. The number of nitrogens with zero attached hydrogens (tertiary/aromatic N) is 1. The van der Waals surface area contributed by atoms with Gasteiger partial charge in [-0.25, -0.2) is 0 Å². The second-order valence-corrected chi connectivity index (χ2v) is 6.44. The topological polar surface area (TPSA) is 91.2 Å². The maximum absolute atomic E-state index is 12.3. The van der Waals surface area contributed by atoms with Crippen molar-refractivity contribution in [2.75, 3.05) is 11.9 Å². The van der Waals surface area contributed by atoms with Crippen LogP contribution in [0.25, 0.3) is 5.57 Å². The second kappa shape index (κ2) is 11.1. The van der Waals surface area contributed by atoms with Crippen LogP contribution < -0.4 is 10.1 Å². The van der Waals surface area contributed by atoms with Crippen LogP contribution in [0, 0.1) is 0 Å². The number of aliphatic hydroxyl groups excluding tert-OH is 1. The molecule has 0 heterocycles. The summed E-state index contributed by atoms with van der Waals surface area (Å²) < 4.78 is 28.8. The first-order valence-electron chi connectivity index (χ1n) is 9.29. The summed E-state index contributed by atoms with van der Waals surface area (Å²) in [5, 5.41) is 21.5. The van der Waals surface area contributed by atoms with Gasteiger partial charge >= 0.3 is 12.6 Å². The number of rotatable bonds is 10. The van der Waals surface area contributed by atoms with Crippen LogP contribution in [-0.2, 0) is 4.79 Å². The molecule has 0 aromatic heterocycles. The molecular weight excluding hydrogens is 394 g/mol. The zero-order valence-corrected chi connectivity index (χ0v) is 16.6. The van der Waals surface area contributed by atoms with Gasteiger partial charge in [0.1, 0.15) is 17.8 Å². The minimum atomic E-state index is -2.86. The fraction of sp³-hybridized carbons (Fsp3) is 0.273. The molecule has 2 rings (SSSR count). The number of nitrogens with one attached hydrogen (secondary N) is 1. The Morgan fingerprint density at radius 1 is 1.17 bits per heavy atom. The number of ether oxygens (including phenoxy) is 1. The number of aliphatic imine (C=N–C) groups is 1. The summed E-state index contributed by atoms with van der Waals surface area (Å²) in [7, 11) is 0. The summed E-state index contributed by atoms with van der Waals surface area (Å²) in [5.41, 5.74) is 2.89. The van der Waals surface area contributed by atoms with Gasteiger partial charge < -0.3 is 20.3 Å². The fourth-order valence-electron chi connectivity index (χ4n) is 2.75. The average Bonchev–Trinajstić information content (AvgIpc) is 2.70. The highest BCUT2D eigenvalue weighted by atomic mass is 19.3. The van der Waals surface area contributed by atoms with Crippen molar-refractivity contribution in [1.82, 2.24) is 0 Å². The van der Waals surface area contributed by atoms with E-state index in [0.29, 0.717) is 5.56 Å². The third-order valence-electron chi connectivity index (χ3n) is 4.33. The third kappa shape index (κ3) is 6.66. The molecule has 0 aliphatic carbocycles. The van der Waals surface area contributed by atoms with E-state index in [4.69, 9.17) is 5.11 Å². The first-order chi connectivity index (χ1) is 14.3. The van der Waals surface area contributed by atoms with Crippen molar-refractivity contribution < 1.29 is 28.5 Å². The van der Waals surface area contributed by atoms with Crippen LogP contribution in [0.5, 0.6) is 5.75 Å². The number of aliphatic carboxylic acids is 1. The first kappa shape index (κ1) is 23.0. The lowest BCUT2D eigenvalue weighted by Crippen LogP contribution is -2.16. The molecule has 160 valence electrons. The molecule has 2 aromatic rings. The van der Waals surface area contributed by atoms with Gasteiger partial charge in [0.15, 0.2) is 0 Å². The van der Waals surface area contributed by atoms with E-state index in [2.05, 4.69) is 15.0 Å². The number of aliphatic hydroxyl groups is 1. The van der Waals surface area contributed by atoms with Crippen molar-refractivity contribution in [2.24, 2.45) is 4.99 Å². The number of benzene rings is 2. The zero-order valence-electron chi connectivity index (χ0n) is 16.6. The van der Waals surface area contributed by atoms with Crippen LogP contribution in [0.1, 0.15) is 30.9 Å². The molecule has 2 aromatic carbocycles. The number of hydrogen-bond donors (Lipinski definition) is 3. The SMILES string of the molecule is C/C=C(\C=NC(C)Nc1ccc([C@H](CO)C(=O)O)cc1)c1ccc(OC(F)F)cc1. The molecule has 2 atom stereocenters. The molecule has 3 N–H and O–H groups in total. The van der Waals surface area contributed by atoms with Gasteiger partial charge in [-0.1, -0.05) is 30.3 Å². The quantitative estimate of drug-likeness (QED) is 0.498. The van der Waals surface area contributed by atoms with Crippen molar-refractivity contribution in [3.05, 3.63) is 65.7 Å². The highest BCUT2D eigenvalue weighted by Crippen LogP contribution is 2.21. The largest absolute Gasteiger partial charge is 0.481 e. The number of halogens is 2. The minimum Gasteiger partial charge on any atom is -0.481 e. The zero-order chi connectivity index (χ0) is 22.1. The number of anilines is 1. The van der Waals surface area contributed by atoms with Gasteiger partial charge in [-0.15, -0.1) is 0 Å². The third-order valence-corrected chi connectivity index (χ3v) is 4.33. The van der Waals surface area contributed by atoms with Crippen LogP contribution in [0.3, 0.4) is 0 Å². The van der Waals surface area contributed by atoms with Gasteiger partial charge in [0.2, 0.25) is 0 Å². The van der Waals surface area contributed by atoms with E-state index >= 15 is 0 Å². The van der Waals surface area contributed by atoms with Gasteiger partial charge in [-0.3, -0.25) is 9.79 Å². The predicted molar refractivity (Wildman–Crippen MR) is 112 cm³/mol. The smallest absolute Gasteiger partial charge is 0.387 e. The summed E-state index contributed by atoms with van der Waals surface area (Å²) in [6.07, 6.45) is 3.26. The van der Waals surface area contributed by atoms with E-state index in [1.165, 1.54) is 12.1 Å². The minimum absolute atomic E-state index is 0.0889. The summed E-state index contributed by atoms with van der Waals surface area (Å²) in [5.74, 6) is -1.95. The number of allylic oxidation sites excluding steroid dienone is 2. The van der Waals surface area contributed by atoms with Gasteiger partial charge in [0.05, 0.1) is 6.61 Å². The van der Waals surface area contributed by atoms with E-state index < -0.39 is 25.1 Å². The molecule has 0 aliphatic rings. The Kier molecular flexibility index (Phi) is 8.49. The van der Waals surface area contributed by atoms with Crippen LogP contribution in [0.4, 0.5) is 14.5 Å². The molecular formula is C22H24F2N2O4. The van der Waals surface area contributed by atoms with Crippen molar-refractivity contribution >= 4 is 23.4 Å². The molecule has 0 bridgehead atoms. The molecule has 6 nitrogen and oxygen atoms in total.